The standard InChI is InChI=1S/C19H28N4S/c1-4-15-7-16-17(21-12-22-18(16)24-15)23-6-5-19(11-23)8-14(9-19)20-10-13(2)3/h7,12-14,20H,4-6,8-11H2,1-3H3. The zero-order valence-corrected chi connectivity index (χ0v) is 15.8. The minimum atomic E-state index is 0.523. The molecule has 1 N–H and O–H groups in total. The van der Waals surface area contributed by atoms with Gasteiger partial charge in [0, 0.05) is 24.0 Å². The Kier molecular flexibility index (Phi) is 4.25. The predicted molar refractivity (Wildman–Crippen MR) is 102 cm³/mol. The Balaban J connectivity index is 1.45. The van der Waals surface area contributed by atoms with Crippen LogP contribution in [0.15, 0.2) is 12.4 Å². The molecule has 0 atom stereocenters. The quantitative estimate of drug-likeness (QED) is 0.894. The summed E-state index contributed by atoms with van der Waals surface area (Å²) in [4.78, 5) is 14.2. The number of aromatic nitrogens is 2. The zero-order valence-electron chi connectivity index (χ0n) is 15.0. The summed E-state index contributed by atoms with van der Waals surface area (Å²) in [5.74, 6) is 1.90. The zero-order chi connectivity index (χ0) is 16.7. The van der Waals surface area contributed by atoms with E-state index in [-0.39, 0.29) is 0 Å². The third-order valence-corrected chi connectivity index (χ3v) is 6.81. The minimum Gasteiger partial charge on any atom is -0.355 e. The lowest BCUT2D eigenvalue weighted by molar-refractivity contribution is 0.105. The Labute approximate surface area is 148 Å². The van der Waals surface area contributed by atoms with Gasteiger partial charge in [-0.1, -0.05) is 20.8 Å². The van der Waals surface area contributed by atoms with E-state index in [1.807, 2.05) is 11.3 Å². The van der Waals surface area contributed by atoms with Crippen molar-refractivity contribution >= 4 is 27.4 Å². The Morgan fingerprint density at radius 2 is 2.21 bits per heavy atom. The molecule has 5 heteroatoms. The molecule has 4 nitrogen and oxygen atoms in total. The smallest absolute Gasteiger partial charge is 0.140 e. The number of fused-ring (bicyclic) bond motifs is 1. The molecule has 24 heavy (non-hydrogen) atoms. The molecule has 1 saturated heterocycles. The number of thiophene rings is 1. The van der Waals surface area contributed by atoms with Gasteiger partial charge in [0.15, 0.2) is 0 Å². The van der Waals surface area contributed by atoms with E-state index >= 15 is 0 Å². The summed E-state index contributed by atoms with van der Waals surface area (Å²) < 4.78 is 0. The van der Waals surface area contributed by atoms with Gasteiger partial charge >= 0.3 is 0 Å². The molecule has 3 heterocycles. The maximum atomic E-state index is 4.64. The molecule has 0 radical (unpaired) electrons. The first-order valence-electron chi connectivity index (χ1n) is 9.30. The molecule has 2 aromatic rings. The van der Waals surface area contributed by atoms with E-state index in [2.05, 4.69) is 47.0 Å². The fraction of sp³-hybridized carbons (Fsp3) is 0.684. The van der Waals surface area contributed by atoms with E-state index in [1.54, 1.807) is 6.33 Å². The van der Waals surface area contributed by atoms with Crippen LogP contribution >= 0.6 is 11.3 Å². The van der Waals surface area contributed by atoms with Gasteiger partial charge in [0.05, 0.1) is 5.39 Å². The van der Waals surface area contributed by atoms with Crippen LogP contribution < -0.4 is 10.2 Å². The number of nitrogens with one attached hydrogen (secondary N) is 1. The first kappa shape index (κ1) is 16.3. The molecule has 0 bridgehead atoms. The van der Waals surface area contributed by atoms with Crippen LogP contribution in [0.5, 0.6) is 0 Å². The Hall–Kier alpha value is -1.20. The van der Waals surface area contributed by atoms with Crippen molar-refractivity contribution in [2.24, 2.45) is 11.3 Å². The van der Waals surface area contributed by atoms with Gasteiger partial charge < -0.3 is 10.2 Å². The number of hydrogen-bond donors (Lipinski definition) is 1. The number of nitrogens with zero attached hydrogens (tertiary/aromatic N) is 3. The van der Waals surface area contributed by atoms with E-state index in [9.17, 15) is 0 Å². The monoisotopic (exact) mass is 344 g/mol. The normalized spacial score (nSPS) is 26.7. The van der Waals surface area contributed by atoms with Gasteiger partial charge in [-0.25, -0.2) is 9.97 Å². The predicted octanol–water partition coefficient (Wildman–Crippen LogP) is 3.86. The third-order valence-electron chi connectivity index (χ3n) is 5.62. The van der Waals surface area contributed by atoms with Crippen molar-refractivity contribution in [3.05, 3.63) is 17.3 Å². The van der Waals surface area contributed by atoms with Crippen molar-refractivity contribution in [2.45, 2.75) is 52.5 Å². The second kappa shape index (κ2) is 6.26. The van der Waals surface area contributed by atoms with E-state index in [1.165, 1.54) is 29.5 Å². The number of rotatable bonds is 5. The highest BCUT2D eigenvalue weighted by Gasteiger charge is 2.48. The SMILES string of the molecule is CCc1cc2c(N3CCC4(CC(NCC(C)C)C4)C3)ncnc2s1. The van der Waals surface area contributed by atoms with E-state index in [4.69, 9.17) is 0 Å². The molecule has 1 aliphatic heterocycles. The molecule has 2 fully saturated rings. The van der Waals surface area contributed by atoms with Gasteiger partial charge in [-0.3, -0.25) is 0 Å². The van der Waals surface area contributed by atoms with Gasteiger partial charge in [-0.05, 0) is 49.6 Å². The first-order valence-corrected chi connectivity index (χ1v) is 10.1. The highest BCUT2D eigenvalue weighted by Crippen LogP contribution is 2.49. The maximum Gasteiger partial charge on any atom is 0.140 e. The minimum absolute atomic E-state index is 0.523. The molecule has 130 valence electrons. The molecule has 2 aliphatic rings. The third kappa shape index (κ3) is 2.93. The van der Waals surface area contributed by atoms with Gasteiger partial charge in [0.1, 0.15) is 17.0 Å². The Morgan fingerprint density at radius 1 is 1.38 bits per heavy atom. The molecular formula is C19H28N4S. The fourth-order valence-corrected chi connectivity index (χ4v) is 5.23. The Bertz CT molecular complexity index is 717. The highest BCUT2D eigenvalue weighted by atomic mass is 32.1. The van der Waals surface area contributed by atoms with Gasteiger partial charge in [0.2, 0.25) is 0 Å². The van der Waals surface area contributed by atoms with Crippen LogP contribution in [0.25, 0.3) is 10.2 Å². The summed E-state index contributed by atoms with van der Waals surface area (Å²) in [6.45, 7) is 10.2. The van der Waals surface area contributed by atoms with E-state index < -0.39 is 0 Å². The summed E-state index contributed by atoms with van der Waals surface area (Å²) in [5, 5.41) is 4.98. The summed E-state index contributed by atoms with van der Waals surface area (Å²) >= 11 is 1.81. The summed E-state index contributed by atoms with van der Waals surface area (Å²) in [7, 11) is 0. The number of anilines is 1. The maximum absolute atomic E-state index is 4.64. The van der Waals surface area contributed by atoms with Gasteiger partial charge in [-0.15, -0.1) is 11.3 Å². The average Bonchev–Trinajstić information content (AvgIpc) is 3.15. The van der Waals surface area contributed by atoms with Crippen LogP contribution in [0.2, 0.25) is 0 Å². The topological polar surface area (TPSA) is 41.0 Å². The van der Waals surface area contributed by atoms with Crippen molar-refractivity contribution in [2.75, 3.05) is 24.5 Å². The highest BCUT2D eigenvalue weighted by molar-refractivity contribution is 7.18. The molecule has 1 aliphatic carbocycles. The molecule has 2 aromatic heterocycles. The summed E-state index contributed by atoms with van der Waals surface area (Å²) in [6.07, 6.45) is 6.78. The van der Waals surface area contributed by atoms with Crippen molar-refractivity contribution in [1.29, 1.82) is 0 Å². The average molecular weight is 345 g/mol. The molecule has 1 saturated carbocycles. The van der Waals surface area contributed by atoms with Crippen molar-refractivity contribution in [3.63, 3.8) is 0 Å². The van der Waals surface area contributed by atoms with Crippen LogP contribution in [0.1, 0.15) is 44.9 Å². The molecule has 4 rings (SSSR count). The summed E-state index contributed by atoms with van der Waals surface area (Å²) in [5.41, 5.74) is 0.523. The largest absolute Gasteiger partial charge is 0.355 e. The fourth-order valence-electron chi connectivity index (χ4n) is 4.30. The second-order valence-electron chi connectivity index (χ2n) is 8.06. The van der Waals surface area contributed by atoms with Crippen LogP contribution in [0.3, 0.4) is 0 Å². The molecule has 0 unspecified atom stereocenters. The molecule has 1 spiro atoms. The number of hydrogen-bond acceptors (Lipinski definition) is 5. The molecular weight excluding hydrogens is 316 g/mol. The lowest BCUT2D eigenvalue weighted by Gasteiger charge is -2.46. The van der Waals surface area contributed by atoms with Crippen molar-refractivity contribution in [1.82, 2.24) is 15.3 Å². The van der Waals surface area contributed by atoms with E-state index in [0.717, 1.165) is 48.7 Å². The van der Waals surface area contributed by atoms with Crippen molar-refractivity contribution < 1.29 is 0 Å². The second-order valence-corrected chi connectivity index (χ2v) is 9.18. The number of aryl methyl sites for hydroxylation is 1. The van der Waals surface area contributed by atoms with Gasteiger partial charge in [-0.2, -0.15) is 0 Å². The Morgan fingerprint density at radius 3 is 2.96 bits per heavy atom. The molecule has 0 amide bonds. The van der Waals surface area contributed by atoms with Crippen LogP contribution in [0.4, 0.5) is 5.82 Å². The van der Waals surface area contributed by atoms with Crippen LogP contribution in [-0.2, 0) is 6.42 Å². The van der Waals surface area contributed by atoms with Crippen molar-refractivity contribution in [3.8, 4) is 0 Å². The lowest BCUT2D eigenvalue weighted by atomic mass is 9.65. The van der Waals surface area contributed by atoms with Crippen LogP contribution in [0, 0.1) is 11.3 Å². The van der Waals surface area contributed by atoms with E-state index in [0.29, 0.717) is 5.41 Å². The van der Waals surface area contributed by atoms with Crippen LogP contribution in [-0.4, -0.2) is 35.6 Å². The molecule has 0 aromatic carbocycles. The lowest BCUT2D eigenvalue weighted by Crippen LogP contribution is -2.51. The summed E-state index contributed by atoms with van der Waals surface area (Å²) in [6, 6.07) is 3.03. The van der Waals surface area contributed by atoms with Gasteiger partial charge in [0.25, 0.3) is 0 Å². The first-order chi connectivity index (χ1) is 11.6.